The van der Waals surface area contributed by atoms with Gasteiger partial charge in [0.25, 0.3) is 0 Å². The number of hydrogen-bond acceptors (Lipinski definition) is 3. The van der Waals surface area contributed by atoms with Crippen molar-refractivity contribution in [1.82, 2.24) is 9.88 Å². The third-order valence-electron chi connectivity index (χ3n) is 4.64. The van der Waals surface area contributed by atoms with Crippen LogP contribution < -0.4 is 14.8 Å². The van der Waals surface area contributed by atoms with Crippen LogP contribution in [-0.4, -0.2) is 18.3 Å². The Kier molecular flexibility index (Phi) is 5.55. The lowest BCUT2D eigenvalue weighted by atomic mass is 10.0. The highest BCUT2D eigenvalue weighted by Gasteiger charge is 2.23. The Hall–Kier alpha value is -2.43. The van der Waals surface area contributed by atoms with Crippen molar-refractivity contribution in [2.75, 3.05) is 13.7 Å². The standard InChI is InChI=1S/C21H22N2O2.ClH/c1-3-25-20-13-15(10-11-19(20)24-2)21-18-9-6-12-23(18)17-8-5-4-7-16(17)14-22-21;/h4-13,21-22H,3,14H2,1-2H3;1H. The topological polar surface area (TPSA) is 35.4 Å². The number of ether oxygens (including phenoxy) is 2. The monoisotopic (exact) mass is 370 g/mol. The van der Waals surface area contributed by atoms with Gasteiger partial charge in [-0.05, 0) is 48.4 Å². The molecule has 0 spiro atoms. The number of benzene rings is 2. The molecule has 26 heavy (non-hydrogen) atoms. The molecule has 136 valence electrons. The first kappa shape index (κ1) is 18.4. The van der Waals surface area contributed by atoms with Crippen molar-refractivity contribution in [3.63, 3.8) is 0 Å². The summed E-state index contributed by atoms with van der Waals surface area (Å²) in [4.78, 5) is 0. The highest BCUT2D eigenvalue weighted by molar-refractivity contribution is 5.85. The number of nitrogens with one attached hydrogen (secondary N) is 1. The second-order valence-corrected chi connectivity index (χ2v) is 6.09. The Bertz CT molecular complexity index is 891. The number of rotatable bonds is 4. The lowest BCUT2D eigenvalue weighted by Crippen LogP contribution is -2.21. The molecule has 5 heteroatoms. The summed E-state index contributed by atoms with van der Waals surface area (Å²) in [5.74, 6) is 1.54. The summed E-state index contributed by atoms with van der Waals surface area (Å²) in [7, 11) is 1.67. The number of halogens is 1. The van der Waals surface area contributed by atoms with Gasteiger partial charge in [-0.25, -0.2) is 0 Å². The zero-order valence-corrected chi connectivity index (χ0v) is 15.8. The molecular weight excluding hydrogens is 348 g/mol. The molecule has 1 aliphatic heterocycles. The van der Waals surface area contributed by atoms with Crippen molar-refractivity contribution in [2.24, 2.45) is 0 Å². The van der Waals surface area contributed by atoms with Gasteiger partial charge in [0.1, 0.15) is 0 Å². The second-order valence-electron chi connectivity index (χ2n) is 6.09. The largest absolute Gasteiger partial charge is 0.493 e. The number of hydrogen-bond donors (Lipinski definition) is 1. The molecule has 4 nitrogen and oxygen atoms in total. The molecule has 3 aromatic rings. The molecular formula is C21H23ClN2O2. The van der Waals surface area contributed by atoms with Crippen molar-refractivity contribution in [2.45, 2.75) is 19.5 Å². The maximum absolute atomic E-state index is 5.76. The van der Waals surface area contributed by atoms with Crippen LogP contribution >= 0.6 is 12.4 Å². The van der Waals surface area contributed by atoms with Crippen molar-refractivity contribution < 1.29 is 9.47 Å². The van der Waals surface area contributed by atoms with Crippen LogP contribution in [-0.2, 0) is 6.54 Å². The molecule has 1 aliphatic rings. The third-order valence-corrected chi connectivity index (χ3v) is 4.64. The minimum Gasteiger partial charge on any atom is -0.493 e. The molecule has 0 bridgehead atoms. The SMILES string of the molecule is CCOc1cc(C2NCc3ccccc3-n3cccc32)ccc1OC.Cl. The van der Waals surface area contributed by atoms with E-state index in [2.05, 4.69) is 64.6 Å². The Balaban J connectivity index is 0.00000196. The summed E-state index contributed by atoms with van der Waals surface area (Å²) < 4.78 is 13.5. The summed E-state index contributed by atoms with van der Waals surface area (Å²) in [6, 6.07) is 19.0. The molecule has 0 fully saturated rings. The third kappa shape index (κ3) is 3.18. The van der Waals surface area contributed by atoms with Crippen LogP contribution in [0.1, 0.15) is 29.8 Å². The maximum atomic E-state index is 5.76. The minimum absolute atomic E-state index is 0. The fourth-order valence-electron chi connectivity index (χ4n) is 3.49. The van der Waals surface area contributed by atoms with Gasteiger partial charge in [-0.3, -0.25) is 0 Å². The van der Waals surface area contributed by atoms with Crippen LogP contribution in [0.2, 0.25) is 0 Å². The van der Waals surface area contributed by atoms with E-state index >= 15 is 0 Å². The van der Waals surface area contributed by atoms with E-state index in [1.807, 2.05) is 13.0 Å². The van der Waals surface area contributed by atoms with Gasteiger partial charge in [-0.2, -0.15) is 0 Å². The lowest BCUT2D eigenvalue weighted by Gasteiger charge is -2.20. The molecule has 1 unspecified atom stereocenters. The van der Waals surface area contributed by atoms with Crippen LogP contribution in [0.3, 0.4) is 0 Å². The first-order valence-corrected chi connectivity index (χ1v) is 8.61. The molecule has 1 atom stereocenters. The minimum atomic E-state index is 0. The number of fused-ring (bicyclic) bond motifs is 3. The zero-order valence-electron chi connectivity index (χ0n) is 14.9. The number of methoxy groups -OCH3 is 1. The van der Waals surface area contributed by atoms with Gasteiger partial charge >= 0.3 is 0 Å². The Labute approximate surface area is 160 Å². The lowest BCUT2D eigenvalue weighted by molar-refractivity contribution is 0.310. The smallest absolute Gasteiger partial charge is 0.161 e. The summed E-state index contributed by atoms with van der Waals surface area (Å²) in [5.41, 5.74) is 4.91. The van der Waals surface area contributed by atoms with Crippen LogP contribution in [0.4, 0.5) is 0 Å². The van der Waals surface area contributed by atoms with Gasteiger partial charge in [0.15, 0.2) is 11.5 Å². The van der Waals surface area contributed by atoms with Gasteiger partial charge in [0.2, 0.25) is 0 Å². The second kappa shape index (κ2) is 7.85. The van der Waals surface area contributed by atoms with E-state index < -0.39 is 0 Å². The average molecular weight is 371 g/mol. The van der Waals surface area contributed by atoms with Crippen LogP contribution in [0.5, 0.6) is 11.5 Å². The van der Waals surface area contributed by atoms with E-state index in [9.17, 15) is 0 Å². The van der Waals surface area contributed by atoms with Crippen LogP contribution in [0.15, 0.2) is 60.8 Å². The fourth-order valence-corrected chi connectivity index (χ4v) is 3.49. The summed E-state index contributed by atoms with van der Waals surface area (Å²) >= 11 is 0. The van der Waals surface area contributed by atoms with Crippen LogP contribution in [0, 0.1) is 0 Å². The first-order valence-electron chi connectivity index (χ1n) is 8.61. The molecule has 1 N–H and O–H groups in total. The first-order chi connectivity index (χ1) is 12.3. The molecule has 0 saturated carbocycles. The number of aromatic nitrogens is 1. The maximum Gasteiger partial charge on any atom is 0.161 e. The van der Waals surface area contributed by atoms with Gasteiger partial charge in [0, 0.05) is 24.1 Å². The van der Waals surface area contributed by atoms with Crippen LogP contribution in [0.25, 0.3) is 5.69 Å². The highest BCUT2D eigenvalue weighted by Crippen LogP contribution is 2.35. The predicted molar refractivity (Wildman–Crippen MR) is 106 cm³/mol. The molecule has 2 heterocycles. The van der Waals surface area contributed by atoms with Crippen molar-refractivity contribution in [3.05, 3.63) is 77.6 Å². The van der Waals surface area contributed by atoms with E-state index in [-0.39, 0.29) is 18.4 Å². The molecule has 4 rings (SSSR count). The molecule has 0 amide bonds. The molecule has 2 aromatic carbocycles. The molecule has 0 saturated heterocycles. The Morgan fingerprint density at radius 1 is 1.08 bits per heavy atom. The van der Waals surface area contributed by atoms with Crippen molar-refractivity contribution >= 4 is 12.4 Å². The molecule has 1 aromatic heterocycles. The molecule has 0 radical (unpaired) electrons. The quantitative estimate of drug-likeness (QED) is 0.734. The van der Waals surface area contributed by atoms with Gasteiger partial charge < -0.3 is 19.4 Å². The van der Waals surface area contributed by atoms with E-state index in [4.69, 9.17) is 9.47 Å². The number of para-hydroxylation sites is 1. The molecule has 0 aliphatic carbocycles. The Morgan fingerprint density at radius 2 is 1.92 bits per heavy atom. The summed E-state index contributed by atoms with van der Waals surface area (Å²) in [6.45, 7) is 3.41. The van der Waals surface area contributed by atoms with E-state index in [0.717, 1.165) is 23.6 Å². The Morgan fingerprint density at radius 3 is 2.73 bits per heavy atom. The van der Waals surface area contributed by atoms with Crippen molar-refractivity contribution in [1.29, 1.82) is 0 Å². The van der Waals surface area contributed by atoms with E-state index in [1.54, 1.807) is 7.11 Å². The van der Waals surface area contributed by atoms with Crippen molar-refractivity contribution in [3.8, 4) is 17.2 Å². The van der Waals surface area contributed by atoms with Gasteiger partial charge in [-0.15, -0.1) is 12.4 Å². The fraction of sp³-hybridized carbons (Fsp3) is 0.238. The summed E-state index contributed by atoms with van der Waals surface area (Å²) in [6.07, 6.45) is 2.13. The van der Waals surface area contributed by atoms with Gasteiger partial charge in [0.05, 0.1) is 19.8 Å². The normalized spacial score (nSPS) is 15.2. The van der Waals surface area contributed by atoms with E-state index in [1.165, 1.54) is 16.9 Å². The predicted octanol–water partition coefficient (Wildman–Crippen LogP) is 4.50. The van der Waals surface area contributed by atoms with Gasteiger partial charge in [-0.1, -0.05) is 24.3 Å². The number of nitrogens with zero attached hydrogens (tertiary/aromatic N) is 1. The van der Waals surface area contributed by atoms with E-state index in [0.29, 0.717) is 6.61 Å². The zero-order chi connectivity index (χ0) is 17.2. The highest BCUT2D eigenvalue weighted by atomic mass is 35.5. The average Bonchev–Trinajstić information content (AvgIpc) is 3.06. The summed E-state index contributed by atoms with van der Waals surface area (Å²) in [5, 5.41) is 3.69.